The van der Waals surface area contributed by atoms with Crippen LogP contribution in [0.4, 0.5) is 0 Å². The quantitative estimate of drug-likeness (QED) is 0.707. The molecule has 1 N–H and O–H groups in total. The highest BCUT2D eigenvalue weighted by atomic mass is 16.6. The number of cyclic esters (lactones) is 1. The van der Waals surface area contributed by atoms with Gasteiger partial charge in [-0.15, -0.1) is 0 Å². The molecule has 3 nitrogen and oxygen atoms in total. The van der Waals surface area contributed by atoms with E-state index in [9.17, 15) is 9.90 Å². The molecule has 0 radical (unpaired) electrons. The standard InChI is InChI=1S/C11H20O3/c1-4-5-11(8-12)7-6-10(2,3)9(13)14-11/h12H,4-8H2,1-3H3. The molecule has 1 aliphatic rings. The lowest BCUT2D eigenvalue weighted by Crippen LogP contribution is -2.48. The minimum atomic E-state index is -0.596. The Morgan fingerprint density at radius 1 is 1.43 bits per heavy atom. The number of carbonyl (C=O) groups is 1. The maximum Gasteiger partial charge on any atom is 0.312 e. The first-order valence-corrected chi connectivity index (χ1v) is 5.30. The molecule has 82 valence electrons. The lowest BCUT2D eigenvalue weighted by molar-refractivity contribution is -0.189. The SMILES string of the molecule is CCCC1(CO)CCC(C)(C)C(=O)O1. The van der Waals surface area contributed by atoms with Crippen LogP contribution in [0, 0.1) is 5.41 Å². The maximum atomic E-state index is 11.6. The molecule has 1 fully saturated rings. The van der Waals surface area contributed by atoms with E-state index in [0.29, 0.717) is 0 Å². The molecule has 1 saturated heterocycles. The van der Waals surface area contributed by atoms with E-state index in [-0.39, 0.29) is 18.0 Å². The van der Waals surface area contributed by atoms with Gasteiger partial charge in [0.05, 0.1) is 12.0 Å². The smallest absolute Gasteiger partial charge is 0.312 e. The molecular weight excluding hydrogens is 180 g/mol. The minimum absolute atomic E-state index is 0.0529. The van der Waals surface area contributed by atoms with Gasteiger partial charge in [0.25, 0.3) is 0 Å². The van der Waals surface area contributed by atoms with E-state index in [1.54, 1.807) is 0 Å². The molecule has 0 aromatic rings. The zero-order chi connectivity index (χ0) is 10.8. The minimum Gasteiger partial charge on any atom is -0.456 e. The molecule has 0 aromatic heterocycles. The normalized spacial score (nSPS) is 31.3. The Hall–Kier alpha value is -0.570. The summed E-state index contributed by atoms with van der Waals surface area (Å²) in [4.78, 5) is 11.6. The fourth-order valence-electron chi connectivity index (χ4n) is 1.85. The predicted molar refractivity (Wildman–Crippen MR) is 53.8 cm³/mol. The molecule has 3 heteroatoms. The lowest BCUT2D eigenvalue weighted by atomic mass is 9.78. The second-order valence-electron chi connectivity index (χ2n) is 4.86. The molecule has 0 aliphatic carbocycles. The van der Waals surface area contributed by atoms with Crippen LogP contribution in [0.5, 0.6) is 0 Å². The van der Waals surface area contributed by atoms with Crippen molar-refractivity contribution in [3.05, 3.63) is 0 Å². The monoisotopic (exact) mass is 200 g/mol. The van der Waals surface area contributed by atoms with Crippen molar-refractivity contribution in [3.8, 4) is 0 Å². The summed E-state index contributed by atoms with van der Waals surface area (Å²) >= 11 is 0. The molecule has 1 aliphatic heterocycles. The van der Waals surface area contributed by atoms with E-state index >= 15 is 0 Å². The Morgan fingerprint density at radius 3 is 2.50 bits per heavy atom. The summed E-state index contributed by atoms with van der Waals surface area (Å²) in [6.07, 6.45) is 3.25. The van der Waals surface area contributed by atoms with Crippen LogP contribution >= 0.6 is 0 Å². The topological polar surface area (TPSA) is 46.5 Å². The van der Waals surface area contributed by atoms with Crippen LogP contribution in [0.2, 0.25) is 0 Å². The van der Waals surface area contributed by atoms with Crippen molar-refractivity contribution in [3.63, 3.8) is 0 Å². The van der Waals surface area contributed by atoms with Crippen molar-refractivity contribution < 1.29 is 14.6 Å². The molecule has 0 aromatic carbocycles. The van der Waals surface area contributed by atoms with Gasteiger partial charge in [-0.05, 0) is 33.1 Å². The summed E-state index contributed by atoms with van der Waals surface area (Å²) in [5.41, 5.74) is -0.978. The number of aliphatic hydroxyl groups is 1. The average molecular weight is 200 g/mol. The van der Waals surface area contributed by atoms with Crippen molar-refractivity contribution in [2.24, 2.45) is 5.41 Å². The highest BCUT2D eigenvalue weighted by molar-refractivity contribution is 5.77. The third-order valence-electron chi connectivity index (χ3n) is 3.06. The number of ether oxygens (including phenoxy) is 1. The number of aliphatic hydroxyl groups excluding tert-OH is 1. The Bertz CT molecular complexity index is 223. The van der Waals surface area contributed by atoms with Crippen molar-refractivity contribution >= 4 is 5.97 Å². The predicted octanol–water partition coefficient (Wildman–Crippen LogP) is 1.88. The van der Waals surface area contributed by atoms with E-state index in [1.807, 2.05) is 20.8 Å². The van der Waals surface area contributed by atoms with E-state index in [0.717, 1.165) is 25.7 Å². The van der Waals surface area contributed by atoms with E-state index < -0.39 is 5.60 Å². The van der Waals surface area contributed by atoms with Crippen LogP contribution < -0.4 is 0 Å². The van der Waals surface area contributed by atoms with Gasteiger partial charge in [0.1, 0.15) is 5.60 Å². The summed E-state index contributed by atoms with van der Waals surface area (Å²) in [6.45, 7) is 5.76. The summed E-state index contributed by atoms with van der Waals surface area (Å²) in [6, 6.07) is 0. The highest BCUT2D eigenvalue weighted by Gasteiger charge is 2.44. The molecule has 1 heterocycles. The Morgan fingerprint density at radius 2 is 2.07 bits per heavy atom. The Labute approximate surface area is 85.5 Å². The molecule has 1 unspecified atom stereocenters. The van der Waals surface area contributed by atoms with E-state index in [2.05, 4.69) is 0 Å². The number of hydrogen-bond donors (Lipinski definition) is 1. The number of carbonyl (C=O) groups excluding carboxylic acids is 1. The Kier molecular flexibility index (Phi) is 3.20. The summed E-state index contributed by atoms with van der Waals surface area (Å²) in [5, 5.41) is 9.28. The fourth-order valence-corrected chi connectivity index (χ4v) is 1.85. The first-order chi connectivity index (χ1) is 6.46. The maximum absolute atomic E-state index is 11.6. The third-order valence-corrected chi connectivity index (χ3v) is 3.06. The first-order valence-electron chi connectivity index (χ1n) is 5.30. The van der Waals surface area contributed by atoms with Crippen molar-refractivity contribution in [2.75, 3.05) is 6.61 Å². The third kappa shape index (κ3) is 2.08. The molecule has 0 saturated carbocycles. The molecule has 0 spiro atoms. The molecule has 1 rings (SSSR count). The number of hydrogen-bond acceptors (Lipinski definition) is 3. The molecule has 0 amide bonds. The first kappa shape index (κ1) is 11.5. The Balaban J connectivity index is 2.72. The summed E-state index contributed by atoms with van der Waals surface area (Å²) in [5.74, 6) is -0.175. The highest BCUT2D eigenvalue weighted by Crippen LogP contribution is 2.38. The van der Waals surface area contributed by atoms with Crippen LogP contribution in [-0.2, 0) is 9.53 Å². The van der Waals surface area contributed by atoms with Crippen molar-refractivity contribution in [1.82, 2.24) is 0 Å². The number of esters is 1. The summed E-state index contributed by atoms with van der Waals surface area (Å²) < 4.78 is 5.39. The molecule has 1 atom stereocenters. The van der Waals surface area contributed by atoms with Gasteiger partial charge >= 0.3 is 5.97 Å². The van der Waals surface area contributed by atoms with E-state index in [1.165, 1.54) is 0 Å². The van der Waals surface area contributed by atoms with Gasteiger partial charge in [-0.2, -0.15) is 0 Å². The molecule has 0 bridgehead atoms. The van der Waals surface area contributed by atoms with Crippen LogP contribution in [0.1, 0.15) is 46.5 Å². The van der Waals surface area contributed by atoms with E-state index in [4.69, 9.17) is 4.74 Å². The number of rotatable bonds is 3. The molecule has 14 heavy (non-hydrogen) atoms. The zero-order valence-corrected chi connectivity index (χ0v) is 9.30. The van der Waals surface area contributed by atoms with Gasteiger partial charge in [0.15, 0.2) is 0 Å². The zero-order valence-electron chi connectivity index (χ0n) is 9.30. The largest absolute Gasteiger partial charge is 0.456 e. The lowest BCUT2D eigenvalue weighted by Gasteiger charge is -2.41. The second-order valence-corrected chi connectivity index (χ2v) is 4.86. The van der Waals surface area contributed by atoms with Gasteiger partial charge in [-0.1, -0.05) is 13.3 Å². The molecular formula is C11H20O3. The second kappa shape index (κ2) is 3.89. The van der Waals surface area contributed by atoms with Gasteiger partial charge in [0.2, 0.25) is 0 Å². The van der Waals surface area contributed by atoms with Crippen LogP contribution in [-0.4, -0.2) is 23.3 Å². The van der Waals surface area contributed by atoms with Gasteiger partial charge in [-0.3, -0.25) is 4.79 Å². The summed E-state index contributed by atoms with van der Waals surface area (Å²) in [7, 11) is 0. The van der Waals surface area contributed by atoms with Crippen molar-refractivity contribution in [2.45, 2.75) is 52.1 Å². The average Bonchev–Trinajstić information content (AvgIpc) is 2.13. The van der Waals surface area contributed by atoms with Gasteiger partial charge < -0.3 is 9.84 Å². The van der Waals surface area contributed by atoms with Crippen LogP contribution in [0.15, 0.2) is 0 Å². The van der Waals surface area contributed by atoms with Gasteiger partial charge in [-0.25, -0.2) is 0 Å². The van der Waals surface area contributed by atoms with Crippen LogP contribution in [0.3, 0.4) is 0 Å². The van der Waals surface area contributed by atoms with Crippen molar-refractivity contribution in [1.29, 1.82) is 0 Å². The fraction of sp³-hybridized carbons (Fsp3) is 0.909. The van der Waals surface area contributed by atoms with Gasteiger partial charge in [0, 0.05) is 0 Å². The van der Waals surface area contributed by atoms with Crippen LogP contribution in [0.25, 0.3) is 0 Å².